The van der Waals surface area contributed by atoms with E-state index >= 15 is 0 Å². The van der Waals surface area contributed by atoms with Crippen LogP contribution in [0.5, 0.6) is 0 Å². The van der Waals surface area contributed by atoms with E-state index in [1.165, 1.54) is 25.7 Å². The second kappa shape index (κ2) is 6.89. The first-order chi connectivity index (χ1) is 7.71. The third-order valence-corrected chi connectivity index (χ3v) is 3.77. The first kappa shape index (κ1) is 13.5. The van der Waals surface area contributed by atoms with Crippen molar-refractivity contribution in [2.24, 2.45) is 5.41 Å². The molecule has 1 heterocycles. The Morgan fingerprint density at radius 1 is 1.19 bits per heavy atom. The molecule has 2 N–H and O–H groups in total. The highest BCUT2D eigenvalue weighted by Crippen LogP contribution is 2.35. The fourth-order valence-electron chi connectivity index (χ4n) is 2.54. The molecule has 1 rings (SSSR count). The van der Waals surface area contributed by atoms with Crippen molar-refractivity contribution in [1.29, 1.82) is 0 Å². The quantitative estimate of drug-likeness (QED) is 0.657. The van der Waals surface area contributed by atoms with Crippen LogP contribution in [-0.2, 0) is 4.79 Å². The Morgan fingerprint density at radius 2 is 1.81 bits per heavy atom. The zero-order chi connectivity index (χ0) is 11.9. The molecule has 0 radical (unpaired) electrons. The van der Waals surface area contributed by atoms with Gasteiger partial charge in [-0.1, -0.05) is 39.0 Å². The molecule has 16 heavy (non-hydrogen) atoms. The predicted molar refractivity (Wildman–Crippen MR) is 65.5 cm³/mol. The van der Waals surface area contributed by atoms with E-state index in [4.69, 9.17) is 0 Å². The van der Waals surface area contributed by atoms with E-state index in [1.54, 1.807) is 0 Å². The van der Waals surface area contributed by atoms with Crippen molar-refractivity contribution in [3.05, 3.63) is 0 Å². The van der Waals surface area contributed by atoms with Crippen LogP contribution in [0.3, 0.4) is 0 Å². The molecule has 3 heteroatoms. The largest absolute Gasteiger partial charge is 0.481 e. The van der Waals surface area contributed by atoms with Crippen LogP contribution in [0, 0.1) is 5.41 Å². The van der Waals surface area contributed by atoms with Gasteiger partial charge in [0.2, 0.25) is 0 Å². The van der Waals surface area contributed by atoms with Crippen LogP contribution >= 0.6 is 0 Å². The van der Waals surface area contributed by atoms with Crippen molar-refractivity contribution in [2.75, 3.05) is 13.1 Å². The van der Waals surface area contributed by atoms with Crippen molar-refractivity contribution in [1.82, 2.24) is 5.32 Å². The van der Waals surface area contributed by atoms with Gasteiger partial charge < -0.3 is 10.4 Å². The summed E-state index contributed by atoms with van der Waals surface area (Å²) in [6, 6.07) is 0. The second-order valence-corrected chi connectivity index (χ2v) is 5.00. The van der Waals surface area contributed by atoms with Crippen molar-refractivity contribution < 1.29 is 9.90 Å². The molecular weight excluding hydrogens is 202 g/mol. The van der Waals surface area contributed by atoms with Gasteiger partial charge in [0.1, 0.15) is 0 Å². The van der Waals surface area contributed by atoms with Crippen LogP contribution in [0.15, 0.2) is 0 Å². The molecule has 1 fully saturated rings. The summed E-state index contributed by atoms with van der Waals surface area (Å²) < 4.78 is 0. The monoisotopic (exact) mass is 227 g/mol. The Morgan fingerprint density at radius 3 is 2.38 bits per heavy atom. The van der Waals surface area contributed by atoms with Crippen molar-refractivity contribution in [3.8, 4) is 0 Å². The molecule has 0 aromatic carbocycles. The van der Waals surface area contributed by atoms with Gasteiger partial charge in [-0.2, -0.15) is 0 Å². The molecule has 1 aliphatic rings. The number of carboxylic acids is 1. The van der Waals surface area contributed by atoms with E-state index < -0.39 is 11.4 Å². The first-order valence-electron chi connectivity index (χ1n) is 6.65. The van der Waals surface area contributed by atoms with Gasteiger partial charge in [-0.3, -0.25) is 4.79 Å². The molecule has 1 aliphatic heterocycles. The minimum Gasteiger partial charge on any atom is -0.481 e. The number of hydrogen-bond donors (Lipinski definition) is 2. The second-order valence-electron chi connectivity index (χ2n) is 5.00. The number of carbonyl (C=O) groups is 1. The Hall–Kier alpha value is -0.570. The molecule has 0 bridgehead atoms. The number of hydrogen-bond acceptors (Lipinski definition) is 2. The Bertz CT molecular complexity index is 210. The molecule has 0 aliphatic carbocycles. The lowest BCUT2D eigenvalue weighted by molar-refractivity contribution is -0.151. The number of aliphatic carboxylic acids is 1. The summed E-state index contributed by atoms with van der Waals surface area (Å²) in [5.41, 5.74) is -0.419. The highest BCUT2D eigenvalue weighted by atomic mass is 16.4. The Kier molecular flexibility index (Phi) is 5.81. The maximum atomic E-state index is 11.4. The Balaban J connectivity index is 2.30. The van der Waals surface area contributed by atoms with Crippen LogP contribution in [-0.4, -0.2) is 24.2 Å². The van der Waals surface area contributed by atoms with E-state index in [2.05, 4.69) is 12.2 Å². The van der Waals surface area contributed by atoms with Crippen LogP contribution in [0.25, 0.3) is 0 Å². The maximum Gasteiger partial charge on any atom is 0.309 e. The lowest BCUT2D eigenvalue weighted by Gasteiger charge is -2.33. The molecule has 0 unspecified atom stereocenters. The molecule has 3 nitrogen and oxygen atoms in total. The molecular formula is C13H25NO2. The lowest BCUT2D eigenvalue weighted by atomic mass is 9.75. The number of nitrogens with one attached hydrogen (secondary N) is 1. The van der Waals surface area contributed by atoms with E-state index in [0.29, 0.717) is 0 Å². The normalized spacial score (nSPS) is 19.6. The molecule has 0 spiro atoms. The van der Waals surface area contributed by atoms with E-state index in [0.717, 1.165) is 38.8 Å². The fourth-order valence-corrected chi connectivity index (χ4v) is 2.54. The standard InChI is InChI=1S/C13H25NO2/c1-2-3-4-5-6-7-13(12(15)16)8-10-14-11-9-13/h14H,2-11H2,1H3,(H,15,16). The average Bonchev–Trinajstić information content (AvgIpc) is 2.30. The minimum atomic E-state index is -0.579. The van der Waals surface area contributed by atoms with Gasteiger partial charge in [0.25, 0.3) is 0 Å². The molecule has 0 atom stereocenters. The number of carboxylic acid groups (broad SMARTS) is 1. The van der Waals surface area contributed by atoms with Gasteiger partial charge in [0, 0.05) is 0 Å². The molecule has 94 valence electrons. The van der Waals surface area contributed by atoms with Crippen LogP contribution in [0.1, 0.15) is 58.3 Å². The zero-order valence-electron chi connectivity index (χ0n) is 10.4. The third-order valence-electron chi connectivity index (χ3n) is 3.77. The summed E-state index contributed by atoms with van der Waals surface area (Å²) in [4.78, 5) is 11.4. The van der Waals surface area contributed by atoms with Crippen LogP contribution in [0.2, 0.25) is 0 Å². The number of unbranched alkanes of at least 4 members (excludes halogenated alkanes) is 4. The maximum absolute atomic E-state index is 11.4. The molecule has 1 saturated heterocycles. The topological polar surface area (TPSA) is 49.3 Å². The van der Waals surface area contributed by atoms with Gasteiger partial charge in [-0.05, 0) is 32.4 Å². The Labute approximate surface area is 98.6 Å². The average molecular weight is 227 g/mol. The van der Waals surface area contributed by atoms with Gasteiger partial charge in [0.05, 0.1) is 5.41 Å². The molecule has 0 aromatic heterocycles. The van der Waals surface area contributed by atoms with Gasteiger partial charge in [-0.15, -0.1) is 0 Å². The smallest absolute Gasteiger partial charge is 0.309 e. The predicted octanol–water partition coefficient (Wildman–Crippen LogP) is 2.80. The van der Waals surface area contributed by atoms with E-state index in [-0.39, 0.29) is 0 Å². The zero-order valence-corrected chi connectivity index (χ0v) is 10.4. The summed E-state index contributed by atoms with van der Waals surface area (Å²) in [6.07, 6.45) is 8.52. The minimum absolute atomic E-state index is 0.419. The van der Waals surface area contributed by atoms with E-state index in [9.17, 15) is 9.90 Å². The van der Waals surface area contributed by atoms with Gasteiger partial charge in [0.15, 0.2) is 0 Å². The number of piperidine rings is 1. The van der Waals surface area contributed by atoms with Gasteiger partial charge in [-0.25, -0.2) is 0 Å². The first-order valence-corrected chi connectivity index (χ1v) is 6.65. The third kappa shape index (κ3) is 3.78. The van der Waals surface area contributed by atoms with Gasteiger partial charge >= 0.3 is 5.97 Å². The van der Waals surface area contributed by atoms with Crippen molar-refractivity contribution in [2.45, 2.75) is 58.3 Å². The fraction of sp³-hybridized carbons (Fsp3) is 0.923. The molecule has 0 saturated carbocycles. The van der Waals surface area contributed by atoms with Crippen molar-refractivity contribution in [3.63, 3.8) is 0 Å². The highest BCUT2D eigenvalue weighted by molar-refractivity contribution is 5.74. The summed E-state index contributed by atoms with van der Waals surface area (Å²) in [5.74, 6) is -0.579. The summed E-state index contributed by atoms with van der Waals surface area (Å²) >= 11 is 0. The summed E-state index contributed by atoms with van der Waals surface area (Å²) in [6.45, 7) is 3.92. The molecule has 0 amide bonds. The van der Waals surface area contributed by atoms with Crippen LogP contribution in [0.4, 0.5) is 0 Å². The lowest BCUT2D eigenvalue weighted by Crippen LogP contribution is -2.42. The molecule has 0 aromatic rings. The van der Waals surface area contributed by atoms with Crippen molar-refractivity contribution >= 4 is 5.97 Å². The summed E-state index contributed by atoms with van der Waals surface area (Å²) in [7, 11) is 0. The summed E-state index contributed by atoms with van der Waals surface area (Å²) in [5, 5.41) is 12.6. The van der Waals surface area contributed by atoms with Crippen LogP contribution < -0.4 is 5.32 Å². The van der Waals surface area contributed by atoms with E-state index in [1.807, 2.05) is 0 Å². The SMILES string of the molecule is CCCCCCCC1(C(=O)O)CCNCC1. The highest BCUT2D eigenvalue weighted by Gasteiger charge is 2.38. The number of rotatable bonds is 7.